The first-order chi connectivity index (χ1) is 15.2. The predicted octanol–water partition coefficient (Wildman–Crippen LogP) is 3.53. The van der Waals surface area contributed by atoms with Gasteiger partial charge in [0.15, 0.2) is 16.6 Å². The van der Waals surface area contributed by atoms with Crippen molar-refractivity contribution in [3.8, 4) is 11.5 Å². The lowest BCUT2D eigenvalue weighted by Crippen LogP contribution is -2.39. The first-order valence-electron chi connectivity index (χ1n) is 10.3. The molecule has 7 nitrogen and oxygen atoms in total. The minimum atomic E-state index is -0.385. The quantitative estimate of drug-likeness (QED) is 0.581. The molecule has 2 aliphatic rings. The highest BCUT2D eigenvalue weighted by atomic mass is 32.1. The number of ether oxygens (including phenoxy) is 3. The number of carbonyl (C=O) groups is 1. The van der Waals surface area contributed by atoms with E-state index in [2.05, 4.69) is 9.88 Å². The van der Waals surface area contributed by atoms with E-state index in [0.29, 0.717) is 39.0 Å². The Morgan fingerprint density at radius 3 is 2.84 bits per heavy atom. The van der Waals surface area contributed by atoms with Gasteiger partial charge in [0.1, 0.15) is 11.3 Å². The van der Waals surface area contributed by atoms with Gasteiger partial charge in [-0.25, -0.2) is 9.37 Å². The van der Waals surface area contributed by atoms with Crippen molar-refractivity contribution in [2.45, 2.75) is 6.42 Å². The molecule has 3 aromatic rings. The Morgan fingerprint density at radius 1 is 1.16 bits per heavy atom. The van der Waals surface area contributed by atoms with Gasteiger partial charge in [-0.05, 0) is 36.8 Å². The molecule has 2 aliphatic heterocycles. The maximum Gasteiger partial charge on any atom is 0.260 e. The number of benzene rings is 2. The molecule has 0 aliphatic carbocycles. The van der Waals surface area contributed by atoms with Gasteiger partial charge in [0.25, 0.3) is 5.91 Å². The number of hydrogen-bond acceptors (Lipinski definition) is 7. The molecule has 0 spiro atoms. The van der Waals surface area contributed by atoms with Crippen molar-refractivity contribution in [1.82, 2.24) is 9.88 Å². The van der Waals surface area contributed by atoms with Crippen molar-refractivity contribution in [3.63, 3.8) is 0 Å². The highest BCUT2D eigenvalue weighted by Crippen LogP contribution is 2.35. The molecule has 1 aromatic heterocycles. The van der Waals surface area contributed by atoms with Crippen LogP contribution in [0.4, 0.5) is 9.52 Å². The third-order valence-corrected chi connectivity index (χ3v) is 6.46. The van der Waals surface area contributed by atoms with Crippen LogP contribution in [0.25, 0.3) is 10.2 Å². The van der Waals surface area contributed by atoms with E-state index in [1.807, 2.05) is 6.07 Å². The number of anilines is 1. The molecular formula is C22H22FN3O4S. The van der Waals surface area contributed by atoms with Crippen molar-refractivity contribution in [3.05, 3.63) is 47.8 Å². The predicted molar refractivity (Wildman–Crippen MR) is 116 cm³/mol. The van der Waals surface area contributed by atoms with Gasteiger partial charge in [-0.1, -0.05) is 17.4 Å². The summed E-state index contributed by atoms with van der Waals surface area (Å²) >= 11 is 1.32. The number of thiazole rings is 1. The fraction of sp³-hybridized carbons (Fsp3) is 0.364. The minimum absolute atomic E-state index is 0.146. The summed E-state index contributed by atoms with van der Waals surface area (Å²) in [6.45, 7) is 4.73. The van der Waals surface area contributed by atoms with Crippen molar-refractivity contribution < 1.29 is 23.4 Å². The van der Waals surface area contributed by atoms with Crippen molar-refractivity contribution in [1.29, 1.82) is 0 Å². The number of amides is 1. The second-order valence-electron chi connectivity index (χ2n) is 7.42. The van der Waals surface area contributed by atoms with Gasteiger partial charge < -0.3 is 14.2 Å². The highest BCUT2D eigenvalue weighted by molar-refractivity contribution is 7.22. The van der Waals surface area contributed by atoms with Gasteiger partial charge >= 0.3 is 0 Å². The molecule has 9 heteroatoms. The molecule has 1 amide bonds. The number of fused-ring (bicyclic) bond motifs is 2. The zero-order valence-electron chi connectivity index (χ0n) is 16.9. The summed E-state index contributed by atoms with van der Waals surface area (Å²) in [7, 11) is 0. The molecule has 2 aromatic carbocycles. The molecule has 1 fully saturated rings. The fourth-order valence-electron chi connectivity index (χ4n) is 3.77. The molecule has 3 heterocycles. The van der Waals surface area contributed by atoms with Gasteiger partial charge in [0.2, 0.25) is 6.79 Å². The van der Waals surface area contributed by atoms with E-state index in [0.717, 1.165) is 39.3 Å². The molecule has 31 heavy (non-hydrogen) atoms. The first-order valence-corrected chi connectivity index (χ1v) is 11.1. The summed E-state index contributed by atoms with van der Waals surface area (Å²) < 4.78 is 31.1. The van der Waals surface area contributed by atoms with E-state index >= 15 is 0 Å². The van der Waals surface area contributed by atoms with Crippen LogP contribution in [0.3, 0.4) is 0 Å². The Kier molecular flexibility index (Phi) is 5.71. The van der Waals surface area contributed by atoms with Crippen molar-refractivity contribution >= 4 is 32.6 Å². The van der Waals surface area contributed by atoms with E-state index in [4.69, 9.17) is 14.2 Å². The van der Waals surface area contributed by atoms with Crippen LogP contribution >= 0.6 is 11.3 Å². The normalized spacial score (nSPS) is 16.0. The third-order valence-electron chi connectivity index (χ3n) is 5.41. The Balaban J connectivity index is 1.41. The SMILES string of the molecule is O=C(c1ccc2c(c1)OCO2)N(CCCN1CCOCC1)c1nc2c(F)cccc2s1. The van der Waals surface area contributed by atoms with E-state index in [-0.39, 0.29) is 18.5 Å². The second-order valence-corrected chi connectivity index (χ2v) is 8.42. The summed E-state index contributed by atoms with van der Waals surface area (Å²) in [6, 6.07) is 10.00. The Hall–Kier alpha value is -2.75. The smallest absolute Gasteiger partial charge is 0.260 e. The lowest BCUT2D eigenvalue weighted by molar-refractivity contribution is 0.0376. The van der Waals surface area contributed by atoms with Crippen LogP contribution in [-0.4, -0.2) is 62.0 Å². The van der Waals surface area contributed by atoms with Crippen LogP contribution < -0.4 is 14.4 Å². The highest BCUT2D eigenvalue weighted by Gasteiger charge is 2.24. The summed E-state index contributed by atoms with van der Waals surface area (Å²) in [4.78, 5) is 21.9. The zero-order chi connectivity index (χ0) is 21.2. The summed E-state index contributed by atoms with van der Waals surface area (Å²) in [6.07, 6.45) is 0.773. The number of hydrogen-bond donors (Lipinski definition) is 0. The maximum absolute atomic E-state index is 14.2. The van der Waals surface area contributed by atoms with Gasteiger partial charge in [0, 0.05) is 31.7 Å². The molecule has 162 valence electrons. The number of nitrogens with zero attached hydrogens (tertiary/aromatic N) is 3. The molecule has 0 saturated carbocycles. The van der Waals surface area contributed by atoms with Crippen molar-refractivity contribution in [2.75, 3.05) is 51.1 Å². The molecule has 0 unspecified atom stereocenters. The molecule has 1 saturated heterocycles. The third kappa shape index (κ3) is 4.21. The van der Waals surface area contributed by atoms with Crippen LogP contribution in [0.2, 0.25) is 0 Å². The van der Waals surface area contributed by atoms with Crippen LogP contribution in [0.5, 0.6) is 11.5 Å². The lowest BCUT2D eigenvalue weighted by Gasteiger charge is -2.27. The molecule has 0 radical (unpaired) electrons. The summed E-state index contributed by atoms with van der Waals surface area (Å²) in [5.74, 6) is 0.593. The van der Waals surface area contributed by atoms with E-state index < -0.39 is 0 Å². The molecule has 0 atom stereocenters. The second kappa shape index (κ2) is 8.78. The zero-order valence-corrected chi connectivity index (χ0v) is 17.7. The topological polar surface area (TPSA) is 64.1 Å². The van der Waals surface area contributed by atoms with Crippen LogP contribution in [0.1, 0.15) is 16.8 Å². The van der Waals surface area contributed by atoms with Crippen LogP contribution in [-0.2, 0) is 4.74 Å². The van der Waals surface area contributed by atoms with E-state index in [9.17, 15) is 9.18 Å². The van der Waals surface area contributed by atoms with E-state index in [1.165, 1.54) is 17.4 Å². The summed E-state index contributed by atoms with van der Waals surface area (Å²) in [5, 5.41) is 0.491. The van der Waals surface area contributed by atoms with Gasteiger partial charge in [-0.3, -0.25) is 14.6 Å². The number of aromatic nitrogens is 1. The Morgan fingerprint density at radius 2 is 2.00 bits per heavy atom. The number of halogens is 1. The average molecular weight is 444 g/mol. The van der Waals surface area contributed by atoms with Gasteiger partial charge in [0.05, 0.1) is 17.9 Å². The van der Waals surface area contributed by atoms with Crippen molar-refractivity contribution in [2.24, 2.45) is 0 Å². The molecule has 0 bridgehead atoms. The molecule has 0 N–H and O–H groups in total. The average Bonchev–Trinajstić information content (AvgIpc) is 3.44. The van der Waals surface area contributed by atoms with Crippen LogP contribution in [0, 0.1) is 5.82 Å². The minimum Gasteiger partial charge on any atom is -0.454 e. The Labute approximate surface area is 182 Å². The molecular weight excluding hydrogens is 421 g/mol. The Bertz CT molecular complexity index is 1100. The number of rotatable bonds is 6. The first kappa shape index (κ1) is 20.2. The number of carbonyl (C=O) groups excluding carboxylic acids is 1. The van der Waals surface area contributed by atoms with E-state index in [1.54, 1.807) is 29.2 Å². The standard InChI is InChI=1S/C22H22FN3O4S/c23-16-3-1-4-19-20(16)24-22(31-19)26(8-2-7-25-9-11-28-12-10-25)21(27)15-5-6-17-18(13-15)30-14-29-17/h1,3-6,13H,2,7-12,14H2. The monoisotopic (exact) mass is 443 g/mol. The van der Waals surface area contributed by atoms with Crippen LogP contribution in [0.15, 0.2) is 36.4 Å². The summed E-state index contributed by atoms with van der Waals surface area (Å²) in [5.41, 5.74) is 0.773. The number of para-hydroxylation sites is 1. The lowest BCUT2D eigenvalue weighted by atomic mass is 10.1. The maximum atomic E-state index is 14.2. The fourth-order valence-corrected chi connectivity index (χ4v) is 4.77. The largest absolute Gasteiger partial charge is 0.454 e. The number of morpholine rings is 1. The molecule has 5 rings (SSSR count). The van der Waals surface area contributed by atoms with Gasteiger partial charge in [-0.15, -0.1) is 0 Å². The van der Waals surface area contributed by atoms with Gasteiger partial charge in [-0.2, -0.15) is 0 Å².